The van der Waals surface area contributed by atoms with Crippen molar-refractivity contribution in [2.75, 3.05) is 5.32 Å². The van der Waals surface area contributed by atoms with Gasteiger partial charge >= 0.3 is 0 Å². The Kier molecular flexibility index (Phi) is 4.03. The molecule has 1 N–H and O–H groups in total. The number of benzene rings is 2. The van der Waals surface area contributed by atoms with E-state index in [0.717, 1.165) is 5.56 Å². The zero-order valence-corrected chi connectivity index (χ0v) is 11.1. The molecule has 0 saturated carbocycles. The van der Waals surface area contributed by atoms with E-state index in [1.165, 1.54) is 12.1 Å². The molecule has 0 aliphatic carbocycles. The maximum Gasteiger partial charge on any atom is 0.141 e. The molecule has 4 heteroatoms. The van der Waals surface area contributed by atoms with Crippen molar-refractivity contribution in [2.24, 2.45) is 0 Å². The van der Waals surface area contributed by atoms with Gasteiger partial charge in [-0.15, -0.1) is 0 Å². The number of nitrogens with zero attached hydrogens (tertiary/aromatic N) is 1. The zero-order chi connectivity index (χ0) is 13.8. The fraction of sp³-hybridized carbons (Fsp3) is 0.133. The summed E-state index contributed by atoms with van der Waals surface area (Å²) in [5.74, 6) is -0.507. The van der Waals surface area contributed by atoms with E-state index < -0.39 is 5.82 Å². The molecule has 1 atom stereocenters. The van der Waals surface area contributed by atoms with Gasteiger partial charge in [-0.1, -0.05) is 23.7 Å². The molecule has 0 spiro atoms. The molecular formula is C15H12ClFN2. The highest BCUT2D eigenvalue weighted by Crippen LogP contribution is 2.22. The summed E-state index contributed by atoms with van der Waals surface area (Å²) in [6.45, 7) is 1.98. The van der Waals surface area contributed by atoms with Gasteiger partial charge in [0.05, 0.1) is 5.56 Å². The molecule has 2 aromatic rings. The molecule has 0 aromatic heterocycles. The number of anilines is 1. The largest absolute Gasteiger partial charge is 0.378 e. The maximum atomic E-state index is 13.2. The van der Waals surface area contributed by atoms with Gasteiger partial charge in [0, 0.05) is 16.8 Å². The molecule has 2 nitrogen and oxygen atoms in total. The Bertz CT molecular complexity index is 617. The second-order valence-electron chi connectivity index (χ2n) is 4.22. The van der Waals surface area contributed by atoms with E-state index in [9.17, 15) is 4.39 Å². The van der Waals surface area contributed by atoms with Crippen molar-refractivity contribution in [1.29, 1.82) is 5.26 Å². The van der Waals surface area contributed by atoms with Gasteiger partial charge in [0.25, 0.3) is 0 Å². The van der Waals surface area contributed by atoms with E-state index in [2.05, 4.69) is 5.32 Å². The first-order valence-electron chi connectivity index (χ1n) is 5.82. The quantitative estimate of drug-likeness (QED) is 0.893. The van der Waals surface area contributed by atoms with Crippen LogP contribution in [0.5, 0.6) is 0 Å². The number of hydrogen-bond acceptors (Lipinski definition) is 2. The van der Waals surface area contributed by atoms with Crippen LogP contribution in [0.2, 0.25) is 5.02 Å². The summed E-state index contributed by atoms with van der Waals surface area (Å²) in [4.78, 5) is 0. The van der Waals surface area contributed by atoms with Gasteiger partial charge in [0.2, 0.25) is 0 Å². The van der Waals surface area contributed by atoms with Crippen molar-refractivity contribution in [1.82, 2.24) is 0 Å². The van der Waals surface area contributed by atoms with E-state index in [0.29, 0.717) is 10.7 Å². The van der Waals surface area contributed by atoms with Crippen molar-refractivity contribution in [3.8, 4) is 6.07 Å². The fourth-order valence-corrected chi connectivity index (χ4v) is 1.91. The Morgan fingerprint density at radius 1 is 1.21 bits per heavy atom. The predicted molar refractivity (Wildman–Crippen MR) is 74.6 cm³/mol. The van der Waals surface area contributed by atoms with Crippen LogP contribution in [-0.2, 0) is 0 Å². The van der Waals surface area contributed by atoms with Gasteiger partial charge in [-0.05, 0) is 42.8 Å². The molecule has 96 valence electrons. The maximum absolute atomic E-state index is 13.2. The first kappa shape index (κ1) is 13.4. The first-order valence-corrected chi connectivity index (χ1v) is 6.19. The highest BCUT2D eigenvalue weighted by molar-refractivity contribution is 6.30. The summed E-state index contributed by atoms with van der Waals surface area (Å²) in [6, 6.07) is 13.8. The standard InChI is InChI=1S/C15H12ClFN2/c1-10(11-2-4-13(16)5-3-11)19-14-6-7-15(17)12(8-14)9-18/h2-8,10,19H,1H3. The lowest BCUT2D eigenvalue weighted by molar-refractivity contribution is 0.624. The minimum atomic E-state index is -0.507. The van der Waals surface area contributed by atoms with Crippen molar-refractivity contribution >= 4 is 17.3 Å². The van der Waals surface area contributed by atoms with Crippen LogP contribution in [0, 0.1) is 17.1 Å². The number of halogens is 2. The van der Waals surface area contributed by atoms with Crippen LogP contribution in [0.1, 0.15) is 24.1 Å². The molecule has 0 aliphatic heterocycles. The summed E-state index contributed by atoms with van der Waals surface area (Å²) >= 11 is 5.84. The van der Waals surface area contributed by atoms with E-state index in [4.69, 9.17) is 16.9 Å². The first-order chi connectivity index (χ1) is 9.10. The minimum absolute atomic E-state index is 0.0355. The molecule has 0 fully saturated rings. The Morgan fingerprint density at radius 3 is 2.53 bits per heavy atom. The van der Waals surface area contributed by atoms with Gasteiger partial charge in [-0.2, -0.15) is 5.26 Å². The number of nitrogens with one attached hydrogen (secondary N) is 1. The summed E-state index contributed by atoms with van der Waals surface area (Å²) in [5, 5.41) is 12.7. The van der Waals surface area contributed by atoms with Gasteiger partial charge < -0.3 is 5.32 Å². The molecule has 0 aliphatic rings. The van der Waals surface area contributed by atoms with Gasteiger partial charge in [0.1, 0.15) is 11.9 Å². The Morgan fingerprint density at radius 2 is 1.89 bits per heavy atom. The van der Waals surface area contributed by atoms with E-state index in [1.807, 2.05) is 37.3 Å². The van der Waals surface area contributed by atoms with Crippen molar-refractivity contribution in [2.45, 2.75) is 13.0 Å². The van der Waals surface area contributed by atoms with Gasteiger partial charge in [-0.3, -0.25) is 0 Å². The summed E-state index contributed by atoms with van der Waals surface area (Å²) in [5.41, 5.74) is 1.81. The average Bonchev–Trinajstić information content (AvgIpc) is 2.41. The van der Waals surface area contributed by atoms with Crippen LogP contribution in [0.25, 0.3) is 0 Å². The van der Waals surface area contributed by atoms with Crippen molar-refractivity contribution in [3.63, 3.8) is 0 Å². The fourth-order valence-electron chi connectivity index (χ4n) is 1.79. The second kappa shape index (κ2) is 5.73. The molecule has 0 radical (unpaired) electrons. The van der Waals surface area contributed by atoms with Gasteiger partial charge in [-0.25, -0.2) is 4.39 Å². The number of nitriles is 1. The summed E-state index contributed by atoms with van der Waals surface area (Å²) < 4.78 is 13.2. The molecule has 0 bridgehead atoms. The minimum Gasteiger partial charge on any atom is -0.378 e. The van der Waals surface area contributed by atoms with Gasteiger partial charge in [0.15, 0.2) is 0 Å². The van der Waals surface area contributed by atoms with Crippen LogP contribution >= 0.6 is 11.6 Å². The van der Waals surface area contributed by atoms with Crippen molar-refractivity contribution in [3.05, 3.63) is 64.4 Å². The summed E-state index contributed by atoms with van der Waals surface area (Å²) in [7, 11) is 0. The smallest absolute Gasteiger partial charge is 0.141 e. The highest BCUT2D eigenvalue weighted by Gasteiger charge is 2.07. The Labute approximate surface area is 116 Å². The molecule has 2 rings (SSSR count). The monoisotopic (exact) mass is 274 g/mol. The molecule has 0 saturated heterocycles. The van der Waals surface area contributed by atoms with E-state index in [1.54, 1.807) is 6.07 Å². The molecular weight excluding hydrogens is 263 g/mol. The Balaban J connectivity index is 2.17. The molecule has 19 heavy (non-hydrogen) atoms. The number of hydrogen-bond donors (Lipinski definition) is 1. The summed E-state index contributed by atoms with van der Waals surface area (Å²) in [6.07, 6.45) is 0. The second-order valence-corrected chi connectivity index (χ2v) is 4.66. The molecule has 0 amide bonds. The van der Waals surface area contributed by atoms with Crippen LogP contribution in [0.4, 0.5) is 10.1 Å². The third-order valence-corrected chi connectivity index (χ3v) is 3.09. The Hall–Kier alpha value is -2.05. The van der Waals surface area contributed by atoms with E-state index in [-0.39, 0.29) is 11.6 Å². The topological polar surface area (TPSA) is 35.8 Å². The lowest BCUT2D eigenvalue weighted by atomic mass is 10.1. The van der Waals surface area contributed by atoms with Crippen molar-refractivity contribution < 1.29 is 4.39 Å². The lowest BCUT2D eigenvalue weighted by Gasteiger charge is -2.16. The SMILES string of the molecule is CC(Nc1ccc(F)c(C#N)c1)c1ccc(Cl)cc1. The molecule has 1 unspecified atom stereocenters. The van der Waals surface area contributed by atoms with E-state index >= 15 is 0 Å². The third-order valence-electron chi connectivity index (χ3n) is 2.84. The lowest BCUT2D eigenvalue weighted by Crippen LogP contribution is -2.06. The highest BCUT2D eigenvalue weighted by atomic mass is 35.5. The van der Waals surface area contributed by atoms with Crippen LogP contribution in [-0.4, -0.2) is 0 Å². The third kappa shape index (κ3) is 3.24. The normalized spacial score (nSPS) is 11.7. The average molecular weight is 275 g/mol. The van der Waals surface area contributed by atoms with Crippen LogP contribution in [0.15, 0.2) is 42.5 Å². The predicted octanol–water partition coefficient (Wildman–Crippen LogP) is 4.52. The zero-order valence-electron chi connectivity index (χ0n) is 10.3. The van der Waals surface area contributed by atoms with Crippen LogP contribution in [0.3, 0.4) is 0 Å². The number of rotatable bonds is 3. The van der Waals surface area contributed by atoms with Crippen LogP contribution < -0.4 is 5.32 Å². The molecule has 2 aromatic carbocycles. The molecule has 0 heterocycles.